The first-order valence-corrected chi connectivity index (χ1v) is 31.2. The molecule has 0 aromatic heterocycles. The van der Waals surface area contributed by atoms with Crippen molar-refractivity contribution in [3.05, 3.63) is 97.2 Å². The molecule has 0 saturated carbocycles. The van der Waals surface area contributed by atoms with E-state index in [1.807, 2.05) is 6.08 Å². The second-order valence-electron chi connectivity index (χ2n) is 19.5. The van der Waals surface area contributed by atoms with Crippen LogP contribution in [0.25, 0.3) is 0 Å². The highest BCUT2D eigenvalue weighted by atomic mass is 31.2. The second kappa shape index (κ2) is 58.2. The topological polar surface area (TPSA) is 134 Å². The quantitative estimate of drug-likeness (QED) is 0.0264. The summed E-state index contributed by atoms with van der Waals surface area (Å²) in [6, 6.07) is 0. The zero-order valence-electron chi connectivity index (χ0n) is 46.8. The number of rotatable bonds is 55. The van der Waals surface area contributed by atoms with Crippen LogP contribution >= 0.6 is 7.82 Å². The van der Waals surface area contributed by atoms with Crippen molar-refractivity contribution in [1.82, 2.24) is 0 Å². The van der Waals surface area contributed by atoms with Crippen LogP contribution < -0.4 is 5.73 Å². The fraction of sp³-hybridized carbons (Fsp3) is 0.714. The summed E-state index contributed by atoms with van der Waals surface area (Å²) in [6.07, 6.45) is 77.7. The van der Waals surface area contributed by atoms with E-state index >= 15 is 0 Å². The van der Waals surface area contributed by atoms with E-state index < -0.39 is 32.5 Å². The van der Waals surface area contributed by atoms with Gasteiger partial charge in [0.1, 0.15) is 6.61 Å². The third-order valence-corrected chi connectivity index (χ3v) is 13.4. The molecule has 0 spiro atoms. The van der Waals surface area contributed by atoms with Crippen molar-refractivity contribution in [3.8, 4) is 0 Å². The molecule has 0 amide bonds. The number of unbranched alkanes of at least 4 members (excludes halogenated alkanes) is 26. The molecule has 9 nitrogen and oxygen atoms in total. The molecule has 2 atom stereocenters. The van der Waals surface area contributed by atoms with Crippen LogP contribution in [0.4, 0.5) is 0 Å². The Balaban J connectivity index is 4.03. The third-order valence-electron chi connectivity index (χ3n) is 12.5. The maximum Gasteiger partial charge on any atom is 0.472 e. The van der Waals surface area contributed by atoms with Crippen molar-refractivity contribution in [3.63, 3.8) is 0 Å². The minimum Gasteiger partial charge on any atom is -0.462 e. The number of hydrogen-bond donors (Lipinski definition) is 2. The number of esters is 2. The monoisotopic (exact) mass is 1040 g/mol. The molecular weight excluding hydrogens is 930 g/mol. The zero-order valence-corrected chi connectivity index (χ0v) is 47.7. The van der Waals surface area contributed by atoms with Gasteiger partial charge in [0, 0.05) is 19.4 Å². The van der Waals surface area contributed by atoms with Crippen LogP contribution in [-0.2, 0) is 32.7 Å². The van der Waals surface area contributed by atoms with Crippen LogP contribution in [0.1, 0.15) is 258 Å². The largest absolute Gasteiger partial charge is 0.472 e. The molecule has 0 aliphatic carbocycles. The first kappa shape index (κ1) is 69.9. The van der Waals surface area contributed by atoms with Crippen LogP contribution in [0.5, 0.6) is 0 Å². The molecule has 0 rings (SSSR count). The van der Waals surface area contributed by atoms with E-state index in [9.17, 15) is 19.0 Å². The van der Waals surface area contributed by atoms with Crippen molar-refractivity contribution < 1.29 is 37.6 Å². The fourth-order valence-electron chi connectivity index (χ4n) is 8.09. The van der Waals surface area contributed by atoms with Crippen molar-refractivity contribution >= 4 is 19.8 Å². The average Bonchev–Trinajstić information content (AvgIpc) is 3.38. The zero-order chi connectivity index (χ0) is 53.1. The maximum atomic E-state index is 12.7. The fourth-order valence-corrected chi connectivity index (χ4v) is 8.86. The summed E-state index contributed by atoms with van der Waals surface area (Å²) >= 11 is 0. The lowest BCUT2D eigenvalue weighted by atomic mass is 10.0. The number of ether oxygens (including phenoxy) is 2. The van der Waals surface area contributed by atoms with Gasteiger partial charge in [-0.25, -0.2) is 4.57 Å². The van der Waals surface area contributed by atoms with E-state index in [2.05, 4.69) is 105 Å². The predicted molar refractivity (Wildman–Crippen MR) is 312 cm³/mol. The molecule has 2 unspecified atom stereocenters. The number of nitrogens with two attached hydrogens (primary N) is 1. The Morgan fingerprint density at radius 2 is 0.767 bits per heavy atom. The molecule has 0 aromatic rings. The molecule has 420 valence electrons. The van der Waals surface area contributed by atoms with E-state index in [1.54, 1.807) is 0 Å². The summed E-state index contributed by atoms with van der Waals surface area (Å²) in [5.41, 5.74) is 5.38. The van der Waals surface area contributed by atoms with Crippen LogP contribution in [0.3, 0.4) is 0 Å². The standard InChI is InChI=1S/C63H110NO8P/c1-3-5-7-9-11-13-15-17-19-21-23-25-27-28-29-30-31-32-34-35-37-39-41-43-45-47-49-51-53-55-62(65)69-59-61(60-71-73(67,68)70-58-57-64)72-63(66)56-54-52-50-48-46-44-42-40-38-36-33-26-24-22-20-18-16-14-12-10-8-6-4-2/h6,8,12,14,18,20-21,23-24,26,36,38,42,44,48,50,61H,3-5,7,9-11,13,15-17,19,22,25,27-35,37,39-41,43,45-47,49,51-60,64H2,1-2H3,(H,67,68)/b8-6-,14-12-,20-18-,23-21-,26-24-,38-36-,44-42-,50-48-. The number of hydrogen-bond acceptors (Lipinski definition) is 8. The summed E-state index contributed by atoms with van der Waals surface area (Å²) in [4.78, 5) is 35.2. The molecule has 0 aliphatic heterocycles. The Labute approximate surface area is 448 Å². The first-order chi connectivity index (χ1) is 35.8. The van der Waals surface area contributed by atoms with Gasteiger partial charge in [-0.2, -0.15) is 0 Å². The molecule has 0 radical (unpaired) electrons. The Morgan fingerprint density at radius 3 is 1.18 bits per heavy atom. The van der Waals surface area contributed by atoms with E-state index in [0.29, 0.717) is 12.8 Å². The number of phosphoric acid groups is 1. The molecule has 3 N–H and O–H groups in total. The SMILES string of the molecule is CC/C=C\C/C=C\C/C=C\C/C=C\C/C=C\C/C=C\C/C=C\CCCC(=O)OC(COC(=O)CCCCCCCCCCCCCCCCCCC/C=C\CCCCCCCCCC)COP(=O)(O)OCCN. The molecule has 0 saturated heterocycles. The number of allylic oxidation sites excluding steroid dienone is 16. The minimum absolute atomic E-state index is 0.0401. The van der Waals surface area contributed by atoms with Crippen molar-refractivity contribution in [2.24, 2.45) is 5.73 Å². The highest BCUT2D eigenvalue weighted by Crippen LogP contribution is 2.43. The van der Waals surface area contributed by atoms with Gasteiger partial charge in [0.15, 0.2) is 6.10 Å². The molecule has 0 aliphatic rings. The molecule has 10 heteroatoms. The summed E-state index contributed by atoms with van der Waals surface area (Å²) < 4.78 is 33.0. The summed E-state index contributed by atoms with van der Waals surface area (Å²) in [5.74, 6) is -0.896. The molecule has 0 heterocycles. The van der Waals surface area contributed by atoms with Crippen LogP contribution in [0.2, 0.25) is 0 Å². The van der Waals surface area contributed by atoms with Gasteiger partial charge in [-0.1, -0.05) is 252 Å². The molecule has 0 bridgehead atoms. The lowest BCUT2D eigenvalue weighted by molar-refractivity contribution is -0.161. The van der Waals surface area contributed by atoms with E-state index in [4.69, 9.17) is 24.3 Å². The number of phosphoric ester groups is 1. The van der Waals surface area contributed by atoms with Gasteiger partial charge in [0.2, 0.25) is 0 Å². The van der Waals surface area contributed by atoms with Crippen LogP contribution in [-0.4, -0.2) is 49.3 Å². The Kier molecular flexibility index (Phi) is 55.7. The minimum atomic E-state index is -4.41. The summed E-state index contributed by atoms with van der Waals surface area (Å²) in [5, 5.41) is 0. The third kappa shape index (κ3) is 58.1. The summed E-state index contributed by atoms with van der Waals surface area (Å²) in [7, 11) is -4.41. The molecule has 0 fully saturated rings. The van der Waals surface area contributed by atoms with E-state index in [0.717, 1.165) is 64.2 Å². The van der Waals surface area contributed by atoms with Gasteiger partial charge < -0.3 is 20.1 Å². The second-order valence-corrected chi connectivity index (χ2v) is 20.9. The van der Waals surface area contributed by atoms with Crippen LogP contribution in [0.15, 0.2) is 97.2 Å². The molecular formula is C63H110NO8P. The maximum absolute atomic E-state index is 12.7. The Morgan fingerprint density at radius 1 is 0.425 bits per heavy atom. The van der Waals surface area contributed by atoms with Crippen molar-refractivity contribution in [2.75, 3.05) is 26.4 Å². The van der Waals surface area contributed by atoms with E-state index in [1.165, 1.54) is 154 Å². The highest BCUT2D eigenvalue weighted by Gasteiger charge is 2.26. The van der Waals surface area contributed by atoms with E-state index in [-0.39, 0.29) is 32.6 Å². The van der Waals surface area contributed by atoms with Crippen molar-refractivity contribution in [2.45, 2.75) is 264 Å². The number of carbonyl (C=O) groups is 2. The lowest BCUT2D eigenvalue weighted by Crippen LogP contribution is -2.29. The lowest BCUT2D eigenvalue weighted by Gasteiger charge is -2.19. The Hall–Kier alpha value is -3.07. The number of carbonyl (C=O) groups excluding carboxylic acids is 2. The summed E-state index contributed by atoms with van der Waals surface area (Å²) in [6.45, 7) is 3.58. The van der Waals surface area contributed by atoms with Gasteiger partial charge in [0.05, 0.1) is 13.2 Å². The van der Waals surface area contributed by atoms with Gasteiger partial charge in [-0.05, 0) is 89.9 Å². The average molecular weight is 1040 g/mol. The molecule has 73 heavy (non-hydrogen) atoms. The van der Waals surface area contributed by atoms with Gasteiger partial charge in [-0.3, -0.25) is 18.6 Å². The van der Waals surface area contributed by atoms with Crippen LogP contribution in [0, 0.1) is 0 Å². The normalized spacial score (nSPS) is 13.8. The molecule has 0 aromatic carbocycles. The highest BCUT2D eigenvalue weighted by molar-refractivity contribution is 7.47. The Bertz CT molecular complexity index is 1510. The van der Waals surface area contributed by atoms with Crippen molar-refractivity contribution in [1.29, 1.82) is 0 Å². The van der Waals surface area contributed by atoms with Gasteiger partial charge in [0.25, 0.3) is 0 Å². The first-order valence-electron chi connectivity index (χ1n) is 29.7. The predicted octanol–water partition coefficient (Wildman–Crippen LogP) is 18.8. The smallest absolute Gasteiger partial charge is 0.462 e. The van der Waals surface area contributed by atoms with Gasteiger partial charge >= 0.3 is 19.8 Å². The van der Waals surface area contributed by atoms with Gasteiger partial charge in [-0.15, -0.1) is 0 Å².